The largest absolute Gasteiger partial charge is 0.481 e. The number of amides is 1. The number of rotatable bonds is 10. The first-order valence-electron chi connectivity index (χ1n) is 8.63. The van der Waals surface area contributed by atoms with Gasteiger partial charge >= 0.3 is 5.97 Å². The van der Waals surface area contributed by atoms with Crippen molar-refractivity contribution in [3.63, 3.8) is 0 Å². The lowest BCUT2D eigenvalue weighted by atomic mass is 9.81. The number of carboxylic acids is 1. The minimum Gasteiger partial charge on any atom is -0.481 e. The highest BCUT2D eigenvalue weighted by atomic mass is 16.4. The molecular formula is C17H31NO3. The fourth-order valence-corrected chi connectivity index (χ4v) is 3.29. The summed E-state index contributed by atoms with van der Waals surface area (Å²) in [7, 11) is 0. The molecule has 0 aromatic heterocycles. The van der Waals surface area contributed by atoms with Crippen molar-refractivity contribution in [2.24, 2.45) is 11.8 Å². The van der Waals surface area contributed by atoms with Crippen molar-refractivity contribution in [1.29, 1.82) is 0 Å². The minimum atomic E-state index is -0.762. The standard InChI is InChI=1S/C17H31NO3/c1-2-8-15(13-14-9-4-3-5-10-14)17(21)18-12-7-6-11-16(19)20/h14-15H,2-13H2,1H3,(H,18,21)(H,19,20). The van der Waals surface area contributed by atoms with Gasteiger partial charge in [0.2, 0.25) is 5.91 Å². The first-order chi connectivity index (χ1) is 10.1. The molecule has 0 radical (unpaired) electrons. The molecule has 0 saturated heterocycles. The molecule has 1 fully saturated rings. The second-order valence-corrected chi connectivity index (χ2v) is 6.37. The molecule has 1 amide bonds. The summed E-state index contributed by atoms with van der Waals surface area (Å²) < 4.78 is 0. The molecule has 1 saturated carbocycles. The third-order valence-electron chi connectivity index (χ3n) is 4.47. The van der Waals surface area contributed by atoms with E-state index in [2.05, 4.69) is 12.2 Å². The van der Waals surface area contributed by atoms with E-state index in [-0.39, 0.29) is 18.2 Å². The Morgan fingerprint density at radius 1 is 1.19 bits per heavy atom. The Hall–Kier alpha value is -1.06. The molecule has 0 heterocycles. The SMILES string of the molecule is CCCC(CC1CCCCC1)C(=O)NCCCCC(=O)O. The van der Waals surface area contributed by atoms with Crippen LogP contribution in [0, 0.1) is 11.8 Å². The van der Waals surface area contributed by atoms with Gasteiger partial charge in [0.1, 0.15) is 0 Å². The minimum absolute atomic E-state index is 0.151. The molecule has 1 atom stereocenters. The van der Waals surface area contributed by atoms with Crippen molar-refractivity contribution in [3.05, 3.63) is 0 Å². The van der Waals surface area contributed by atoms with Crippen molar-refractivity contribution in [1.82, 2.24) is 5.32 Å². The van der Waals surface area contributed by atoms with Crippen LogP contribution in [-0.2, 0) is 9.59 Å². The maximum atomic E-state index is 12.3. The van der Waals surface area contributed by atoms with Gasteiger partial charge in [0.25, 0.3) is 0 Å². The molecule has 21 heavy (non-hydrogen) atoms. The predicted molar refractivity (Wildman–Crippen MR) is 84.1 cm³/mol. The van der Waals surface area contributed by atoms with E-state index < -0.39 is 5.97 Å². The number of nitrogens with one attached hydrogen (secondary N) is 1. The van der Waals surface area contributed by atoms with E-state index in [1.54, 1.807) is 0 Å². The monoisotopic (exact) mass is 297 g/mol. The number of unbranched alkanes of at least 4 members (excludes halogenated alkanes) is 1. The van der Waals surface area contributed by atoms with Crippen molar-refractivity contribution in [2.45, 2.75) is 77.6 Å². The van der Waals surface area contributed by atoms with Gasteiger partial charge < -0.3 is 10.4 Å². The van der Waals surface area contributed by atoms with Crippen LogP contribution in [0.1, 0.15) is 77.6 Å². The number of carboxylic acid groups (broad SMARTS) is 1. The van der Waals surface area contributed by atoms with Crippen LogP contribution in [0.2, 0.25) is 0 Å². The lowest BCUT2D eigenvalue weighted by Crippen LogP contribution is -2.33. The summed E-state index contributed by atoms with van der Waals surface area (Å²) >= 11 is 0. The lowest BCUT2D eigenvalue weighted by molar-refractivity contribution is -0.137. The number of carbonyl (C=O) groups excluding carboxylic acids is 1. The maximum Gasteiger partial charge on any atom is 0.303 e. The summed E-state index contributed by atoms with van der Waals surface area (Å²) in [6, 6.07) is 0. The third kappa shape index (κ3) is 8.08. The van der Waals surface area contributed by atoms with Crippen LogP contribution in [0.3, 0.4) is 0 Å². The molecule has 0 spiro atoms. The molecule has 0 bridgehead atoms. The Bertz CT molecular complexity index is 311. The first-order valence-corrected chi connectivity index (χ1v) is 8.63. The highest BCUT2D eigenvalue weighted by Crippen LogP contribution is 2.30. The molecule has 0 aliphatic heterocycles. The second kappa shape index (κ2) is 10.6. The molecule has 4 nitrogen and oxygen atoms in total. The molecule has 1 unspecified atom stereocenters. The fourth-order valence-electron chi connectivity index (χ4n) is 3.29. The molecule has 122 valence electrons. The summed E-state index contributed by atoms with van der Waals surface area (Å²) in [5.74, 6) is 0.297. The average molecular weight is 297 g/mol. The zero-order valence-electron chi connectivity index (χ0n) is 13.4. The number of carbonyl (C=O) groups is 2. The molecule has 1 aliphatic rings. The van der Waals surface area contributed by atoms with Gasteiger partial charge in [0.05, 0.1) is 0 Å². The molecule has 4 heteroatoms. The van der Waals surface area contributed by atoms with Gasteiger partial charge in [0.15, 0.2) is 0 Å². The smallest absolute Gasteiger partial charge is 0.303 e. The van der Waals surface area contributed by atoms with E-state index >= 15 is 0 Å². The number of aliphatic carboxylic acids is 1. The van der Waals surface area contributed by atoms with Crippen LogP contribution in [0.4, 0.5) is 0 Å². The molecular weight excluding hydrogens is 266 g/mol. The Morgan fingerprint density at radius 3 is 2.52 bits per heavy atom. The van der Waals surface area contributed by atoms with Crippen LogP contribution in [0.5, 0.6) is 0 Å². The molecule has 1 rings (SSSR count). The number of hydrogen-bond acceptors (Lipinski definition) is 2. The Kier molecular flexibility index (Phi) is 9.11. The Balaban J connectivity index is 2.26. The Morgan fingerprint density at radius 2 is 1.90 bits per heavy atom. The molecule has 1 aliphatic carbocycles. The van der Waals surface area contributed by atoms with Gasteiger partial charge in [-0.1, -0.05) is 45.4 Å². The predicted octanol–water partition coefficient (Wildman–Crippen LogP) is 3.74. The van der Waals surface area contributed by atoms with E-state index in [1.165, 1.54) is 32.1 Å². The van der Waals surface area contributed by atoms with Gasteiger partial charge in [-0.2, -0.15) is 0 Å². The second-order valence-electron chi connectivity index (χ2n) is 6.37. The molecule has 0 aromatic carbocycles. The van der Waals surface area contributed by atoms with Gasteiger partial charge in [-0.3, -0.25) is 9.59 Å². The third-order valence-corrected chi connectivity index (χ3v) is 4.47. The van der Waals surface area contributed by atoms with Crippen molar-refractivity contribution >= 4 is 11.9 Å². The van der Waals surface area contributed by atoms with Gasteiger partial charge in [-0.15, -0.1) is 0 Å². The van der Waals surface area contributed by atoms with Gasteiger partial charge in [0, 0.05) is 18.9 Å². The van der Waals surface area contributed by atoms with E-state index in [4.69, 9.17) is 5.11 Å². The topological polar surface area (TPSA) is 66.4 Å². The summed E-state index contributed by atoms with van der Waals surface area (Å²) in [5.41, 5.74) is 0. The zero-order chi connectivity index (χ0) is 15.5. The van der Waals surface area contributed by atoms with Crippen LogP contribution in [0.15, 0.2) is 0 Å². The van der Waals surface area contributed by atoms with E-state index in [0.717, 1.165) is 31.6 Å². The fraction of sp³-hybridized carbons (Fsp3) is 0.882. The normalized spacial score (nSPS) is 17.4. The highest BCUT2D eigenvalue weighted by molar-refractivity contribution is 5.78. The van der Waals surface area contributed by atoms with Crippen LogP contribution in [-0.4, -0.2) is 23.5 Å². The van der Waals surface area contributed by atoms with E-state index in [1.807, 2.05) is 0 Å². The first kappa shape index (κ1) is 18.0. The van der Waals surface area contributed by atoms with Crippen molar-refractivity contribution in [2.75, 3.05) is 6.54 Å². The summed E-state index contributed by atoms with van der Waals surface area (Å²) in [6.07, 6.45) is 11.2. The lowest BCUT2D eigenvalue weighted by Gasteiger charge is -2.26. The van der Waals surface area contributed by atoms with Crippen LogP contribution < -0.4 is 5.32 Å². The van der Waals surface area contributed by atoms with Gasteiger partial charge in [-0.05, 0) is 31.6 Å². The average Bonchev–Trinajstić information content (AvgIpc) is 2.47. The zero-order valence-corrected chi connectivity index (χ0v) is 13.4. The van der Waals surface area contributed by atoms with Crippen LogP contribution >= 0.6 is 0 Å². The summed E-state index contributed by atoms with van der Waals surface area (Å²) in [4.78, 5) is 22.7. The highest BCUT2D eigenvalue weighted by Gasteiger charge is 2.23. The maximum absolute atomic E-state index is 12.3. The van der Waals surface area contributed by atoms with Crippen molar-refractivity contribution < 1.29 is 14.7 Å². The van der Waals surface area contributed by atoms with E-state index in [9.17, 15) is 9.59 Å². The van der Waals surface area contributed by atoms with Crippen molar-refractivity contribution in [3.8, 4) is 0 Å². The quantitative estimate of drug-likeness (QED) is 0.604. The number of hydrogen-bond donors (Lipinski definition) is 2. The van der Waals surface area contributed by atoms with E-state index in [0.29, 0.717) is 13.0 Å². The molecule has 0 aromatic rings. The summed E-state index contributed by atoms with van der Waals surface area (Å²) in [6.45, 7) is 2.74. The molecule has 2 N–H and O–H groups in total. The Labute approximate surface area is 128 Å². The summed E-state index contributed by atoms with van der Waals surface area (Å²) in [5, 5.41) is 11.6. The van der Waals surface area contributed by atoms with Gasteiger partial charge in [-0.25, -0.2) is 0 Å². The van der Waals surface area contributed by atoms with Crippen LogP contribution in [0.25, 0.3) is 0 Å².